The normalized spacial score (nSPS) is 11.7. The summed E-state index contributed by atoms with van der Waals surface area (Å²) in [6.07, 6.45) is 1.44. The van der Waals surface area contributed by atoms with Crippen LogP contribution in [0.1, 0.15) is 5.01 Å². The van der Waals surface area contributed by atoms with Crippen LogP contribution in [0, 0.1) is 6.92 Å². The van der Waals surface area contributed by atoms with Gasteiger partial charge in [-0.3, -0.25) is 4.72 Å². The Hall–Kier alpha value is -2.19. The fraction of sp³-hybridized carbons (Fsp3) is 0.0769. The number of nitrogens with two attached hydrogens (primary N) is 1. The number of hydrogen-bond donors (Lipinski definition) is 2. The first-order chi connectivity index (χ1) is 9.95. The third-order valence-corrected chi connectivity index (χ3v) is 5.20. The summed E-state index contributed by atoms with van der Waals surface area (Å²) in [5.41, 5.74) is 6.93. The molecule has 0 aliphatic rings. The number of hydrogen-bond acceptors (Lipinski definition) is 6. The molecule has 8 heteroatoms. The lowest BCUT2D eigenvalue weighted by Crippen LogP contribution is -2.15. The molecule has 0 bridgehead atoms. The number of benzene rings is 1. The summed E-state index contributed by atoms with van der Waals surface area (Å²) in [6, 6.07) is 8.15. The zero-order valence-electron chi connectivity index (χ0n) is 11.1. The van der Waals surface area contributed by atoms with E-state index in [1.807, 2.05) is 6.92 Å². The summed E-state index contributed by atoms with van der Waals surface area (Å²) < 4.78 is 28.1. The third kappa shape index (κ3) is 2.67. The maximum Gasteiger partial charge on any atom is 0.265 e. The standard InChI is InChI=1S/C13H12N4O2S2/c1-8-16-10-5-4-9(7-11(10)20-8)17-21(18,19)12-3-2-6-15-13(12)14/h2-7,17H,1H3,(H2,14,15). The van der Waals surface area contributed by atoms with Crippen molar-refractivity contribution in [2.75, 3.05) is 10.5 Å². The van der Waals surface area contributed by atoms with Gasteiger partial charge in [-0.2, -0.15) is 0 Å². The summed E-state index contributed by atoms with van der Waals surface area (Å²) in [4.78, 5) is 8.09. The minimum atomic E-state index is -3.76. The van der Waals surface area contributed by atoms with Crippen LogP contribution < -0.4 is 10.5 Å². The molecule has 3 aromatic rings. The van der Waals surface area contributed by atoms with Crippen LogP contribution in [-0.4, -0.2) is 18.4 Å². The predicted molar refractivity (Wildman–Crippen MR) is 83.8 cm³/mol. The lowest BCUT2D eigenvalue weighted by molar-refractivity contribution is 0.601. The van der Waals surface area contributed by atoms with Gasteiger partial charge < -0.3 is 5.73 Å². The largest absolute Gasteiger partial charge is 0.383 e. The fourth-order valence-corrected chi connectivity index (χ4v) is 3.94. The van der Waals surface area contributed by atoms with Crippen LogP contribution in [0.2, 0.25) is 0 Å². The van der Waals surface area contributed by atoms with Crippen LogP contribution >= 0.6 is 11.3 Å². The van der Waals surface area contributed by atoms with E-state index in [2.05, 4.69) is 14.7 Å². The quantitative estimate of drug-likeness (QED) is 0.772. The van der Waals surface area contributed by atoms with E-state index in [9.17, 15) is 8.42 Å². The summed E-state index contributed by atoms with van der Waals surface area (Å²) in [5.74, 6) is -0.0280. The Morgan fingerprint density at radius 2 is 2.10 bits per heavy atom. The number of nitrogen functional groups attached to an aromatic ring is 1. The van der Waals surface area contributed by atoms with E-state index in [1.165, 1.54) is 29.7 Å². The third-order valence-electron chi connectivity index (χ3n) is 2.84. The average Bonchev–Trinajstić information content (AvgIpc) is 2.78. The highest BCUT2D eigenvalue weighted by molar-refractivity contribution is 7.92. The molecule has 0 unspecified atom stereocenters. The highest BCUT2D eigenvalue weighted by atomic mass is 32.2. The number of fused-ring (bicyclic) bond motifs is 1. The van der Waals surface area contributed by atoms with E-state index in [0.717, 1.165) is 15.2 Å². The van der Waals surface area contributed by atoms with E-state index in [-0.39, 0.29) is 10.7 Å². The van der Waals surface area contributed by atoms with Crippen LogP contribution in [0.4, 0.5) is 11.5 Å². The Morgan fingerprint density at radius 1 is 1.29 bits per heavy atom. The van der Waals surface area contributed by atoms with Gasteiger partial charge in [0.05, 0.1) is 20.9 Å². The van der Waals surface area contributed by atoms with E-state index in [0.29, 0.717) is 5.69 Å². The van der Waals surface area contributed by atoms with Gasteiger partial charge in [-0.1, -0.05) is 0 Å². The summed E-state index contributed by atoms with van der Waals surface area (Å²) in [6.45, 7) is 1.91. The van der Waals surface area contributed by atoms with Crippen molar-refractivity contribution in [3.63, 3.8) is 0 Å². The van der Waals surface area contributed by atoms with E-state index in [1.54, 1.807) is 18.2 Å². The highest BCUT2D eigenvalue weighted by Crippen LogP contribution is 2.26. The SMILES string of the molecule is Cc1nc2ccc(NS(=O)(=O)c3cccnc3N)cc2s1. The molecule has 0 amide bonds. The molecule has 0 radical (unpaired) electrons. The molecule has 0 aliphatic carbocycles. The van der Waals surface area contributed by atoms with E-state index in [4.69, 9.17) is 5.73 Å². The van der Waals surface area contributed by atoms with Crippen molar-refractivity contribution in [1.82, 2.24) is 9.97 Å². The van der Waals surface area contributed by atoms with Crippen LogP contribution in [-0.2, 0) is 10.0 Å². The highest BCUT2D eigenvalue weighted by Gasteiger charge is 2.18. The van der Waals surface area contributed by atoms with Crippen molar-refractivity contribution in [3.05, 3.63) is 41.5 Å². The Bertz CT molecular complexity index is 919. The topological polar surface area (TPSA) is 98.0 Å². The van der Waals surface area contributed by atoms with Gasteiger partial charge >= 0.3 is 0 Å². The number of aromatic nitrogens is 2. The molecule has 0 aliphatic heterocycles. The monoisotopic (exact) mass is 320 g/mol. The van der Waals surface area contributed by atoms with Gasteiger partial charge in [0.2, 0.25) is 0 Å². The number of nitrogens with zero attached hydrogens (tertiary/aromatic N) is 2. The summed E-state index contributed by atoms with van der Waals surface area (Å²) >= 11 is 1.51. The molecule has 3 N–H and O–H groups in total. The average molecular weight is 320 g/mol. The lowest BCUT2D eigenvalue weighted by Gasteiger charge is -2.09. The van der Waals surface area contributed by atoms with Gasteiger partial charge in [0.1, 0.15) is 10.7 Å². The molecule has 2 heterocycles. The van der Waals surface area contributed by atoms with E-state index < -0.39 is 10.0 Å². The number of aryl methyl sites for hydroxylation is 1. The van der Waals surface area contributed by atoms with Gasteiger partial charge in [0.25, 0.3) is 10.0 Å². The van der Waals surface area contributed by atoms with Gasteiger partial charge in [0.15, 0.2) is 0 Å². The zero-order valence-corrected chi connectivity index (χ0v) is 12.7. The molecule has 0 spiro atoms. The minimum Gasteiger partial charge on any atom is -0.383 e. The Labute approximate surface area is 125 Å². The number of rotatable bonds is 3. The second kappa shape index (κ2) is 4.97. The number of sulfonamides is 1. The van der Waals surface area contributed by atoms with Gasteiger partial charge in [-0.15, -0.1) is 11.3 Å². The van der Waals surface area contributed by atoms with Crippen molar-refractivity contribution >= 4 is 43.1 Å². The first-order valence-electron chi connectivity index (χ1n) is 6.06. The molecule has 0 fully saturated rings. The first kappa shape index (κ1) is 13.8. The van der Waals surface area contributed by atoms with Gasteiger partial charge in [-0.25, -0.2) is 18.4 Å². The first-order valence-corrected chi connectivity index (χ1v) is 8.36. The van der Waals surface area contributed by atoms with Gasteiger partial charge in [0, 0.05) is 6.20 Å². The summed E-state index contributed by atoms with van der Waals surface area (Å²) in [5, 5.41) is 0.932. The van der Waals surface area contributed by atoms with Gasteiger partial charge in [-0.05, 0) is 37.3 Å². The lowest BCUT2D eigenvalue weighted by atomic mass is 10.3. The van der Waals surface area contributed by atoms with Crippen molar-refractivity contribution < 1.29 is 8.42 Å². The molecule has 1 aromatic carbocycles. The maximum atomic E-state index is 12.3. The van der Waals surface area contributed by atoms with Crippen molar-refractivity contribution in [2.24, 2.45) is 0 Å². The molecular formula is C13H12N4O2S2. The molecule has 2 aromatic heterocycles. The molecule has 108 valence electrons. The molecule has 6 nitrogen and oxygen atoms in total. The zero-order chi connectivity index (χ0) is 15.0. The molecular weight excluding hydrogens is 308 g/mol. The van der Waals surface area contributed by atoms with E-state index >= 15 is 0 Å². The van der Waals surface area contributed by atoms with Crippen molar-refractivity contribution in [3.8, 4) is 0 Å². The second-order valence-corrected chi connectivity index (χ2v) is 7.29. The smallest absolute Gasteiger partial charge is 0.265 e. The van der Waals surface area contributed by atoms with Crippen LogP contribution in [0.5, 0.6) is 0 Å². The van der Waals surface area contributed by atoms with Crippen LogP contribution in [0.15, 0.2) is 41.4 Å². The molecule has 21 heavy (non-hydrogen) atoms. The molecule has 0 saturated heterocycles. The number of thiazole rings is 1. The number of anilines is 2. The fourth-order valence-electron chi connectivity index (χ4n) is 1.94. The minimum absolute atomic E-state index is 0.0280. The van der Waals surface area contributed by atoms with Crippen molar-refractivity contribution in [1.29, 1.82) is 0 Å². The maximum absolute atomic E-state index is 12.3. The number of pyridine rings is 1. The number of nitrogens with one attached hydrogen (secondary N) is 1. The Kier molecular flexibility index (Phi) is 3.26. The summed E-state index contributed by atoms with van der Waals surface area (Å²) in [7, 11) is -3.76. The Balaban J connectivity index is 1.99. The second-order valence-electron chi connectivity index (χ2n) is 4.41. The molecule has 0 atom stereocenters. The van der Waals surface area contributed by atoms with Crippen LogP contribution in [0.3, 0.4) is 0 Å². The predicted octanol–water partition coefficient (Wildman–Crippen LogP) is 2.38. The van der Waals surface area contributed by atoms with Crippen molar-refractivity contribution in [2.45, 2.75) is 11.8 Å². The molecule has 3 rings (SSSR count). The Morgan fingerprint density at radius 3 is 2.86 bits per heavy atom. The molecule has 0 saturated carbocycles. The van der Waals surface area contributed by atoms with Crippen LogP contribution in [0.25, 0.3) is 10.2 Å².